The Hall–Kier alpha value is -4.76. The SMILES string of the molecule is C=C(C)C.C=C(C)Nc1ccc(Cc2ccc(NC(=C)CC(C)(C)CCCCC)cc2)cc1.C=C(C)Nc1ccc2c(c1)C2c1ccc(C)cc1C.CC.CC.CCCCCC.CCCCCCC. The lowest BCUT2D eigenvalue weighted by molar-refractivity contribution is 0.319. The van der Waals surface area contributed by atoms with Crippen LogP contribution in [0.5, 0.6) is 0 Å². The lowest BCUT2D eigenvalue weighted by Gasteiger charge is -2.26. The molecule has 1 aliphatic rings. The molecule has 69 heavy (non-hydrogen) atoms. The number of benzene rings is 4. The van der Waals surface area contributed by atoms with Crippen molar-refractivity contribution in [3.05, 3.63) is 173 Å². The van der Waals surface area contributed by atoms with Crippen LogP contribution in [0.2, 0.25) is 0 Å². The smallest absolute Gasteiger partial charge is 0.0384 e. The van der Waals surface area contributed by atoms with Crippen LogP contribution in [0.25, 0.3) is 0 Å². The number of fused-ring (bicyclic) bond motifs is 1. The van der Waals surface area contributed by atoms with Gasteiger partial charge in [0.2, 0.25) is 0 Å². The summed E-state index contributed by atoms with van der Waals surface area (Å²) in [6, 6.07) is 30.6. The van der Waals surface area contributed by atoms with Gasteiger partial charge in [-0.3, -0.25) is 0 Å². The zero-order valence-electron chi connectivity index (χ0n) is 48.1. The van der Waals surface area contributed by atoms with Gasteiger partial charge in [0.05, 0.1) is 0 Å². The van der Waals surface area contributed by atoms with Gasteiger partial charge in [0, 0.05) is 40.1 Å². The van der Waals surface area contributed by atoms with Crippen LogP contribution in [0, 0.1) is 19.3 Å². The number of hydrogen-bond acceptors (Lipinski definition) is 3. The van der Waals surface area contributed by atoms with Crippen molar-refractivity contribution in [3.63, 3.8) is 0 Å². The van der Waals surface area contributed by atoms with Crippen LogP contribution in [-0.4, -0.2) is 0 Å². The molecule has 0 saturated heterocycles. The maximum atomic E-state index is 4.26. The summed E-state index contributed by atoms with van der Waals surface area (Å²) < 4.78 is 0. The van der Waals surface area contributed by atoms with Crippen LogP contribution >= 0.6 is 0 Å². The van der Waals surface area contributed by atoms with Gasteiger partial charge in [-0.1, -0.05) is 233 Å². The van der Waals surface area contributed by atoms with Crippen LogP contribution in [0.15, 0.2) is 134 Å². The van der Waals surface area contributed by atoms with E-state index in [1.165, 1.54) is 128 Å². The molecular formula is C66H107N3. The largest absolute Gasteiger partial charge is 0.360 e. The van der Waals surface area contributed by atoms with Crippen molar-refractivity contribution in [2.24, 2.45) is 5.41 Å². The Morgan fingerprint density at radius 2 is 0.870 bits per heavy atom. The second kappa shape index (κ2) is 40.0. The molecule has 386 valence electrons. The normalized spacial score (nSPS) is 11.3. The summed E-state index contributed by atoms with van der Waals surface area (Å²) in [5.74, 6) is 0.501. The Labute approximate surface area is 429 Å². The summed E-state index contributed by atoms with van der Waals surface area (Å²) in [6.45, 7) is 51.7. The fourth-order valence-corrected chi connectivity index (χ4v) is 7.66. The number of rotatable bonds is 22. The third kappa shape index (κ3) is 32.6. The Kier molecular flexibility index (Phi) is 38.5. The lowest BCUT2D eigenvalue weighted by atomic mass is 9.82. The fraction of sp³-hybridized carbons (Fsp3) is 0.515. The second-order valence-electron chi connectivity index (χ2n) is 19.5. The number of unbranched alkanes of at least 4 members (excludes halogenated alkanes) is 9. The first-order valence-corrected chi connectivity index (χ1v) is 27.2. The van der Waals surface area contributed by atoms with E-state index in [2.05, 4.69) is 190 Å². The third-order valence-corrected chi connectivity index (χ3v) is 11.0. The van der Waals surface area contributed by atoms with Crippen LogP contribution in [0.3, 0.4) is 0 Å². The zero-order valence-corrected chi connectivity index (χ0v) is 48.1. The summed E-state index contributed by atoms with van der Waals surface area (Å²) in [5, 5.41) is 10.0. The lowest BCUT2D eigenvalue weighted by Crippen LogP contribution is -2.15. The van der Waals surface area contributed by atoms with E-state index in [4.69, 9.17) is 0 Å². The van der Waals surface area contributed by atoms with E-state index in [-0.39, 0.29) is 0 Å². The minimum absolute atomic E-state index is 0.296. The average molecular weight is 943 g/mol. The molecule has 0 fully saturated rings. The van der Waals surface area contributed by atoms with Gasteiger partial charge >= 0.3 is 0 Å². The van der Waals surface area contributed by atoms with E-state index < -0.39 is 0 Å². The first kappa shape index (κ1) is 66.3. The monoisotopic (exact) mass is 942 g/mol. The molecule has 1 atom stereocenters. The molecule has 0 bridgehead atoms. The Morgan fingerprint density at radius 1 is 0.478 bits per heavy atom. The van der Waals surface area contributed by atoms with E-state index in [1.807, 2.05) is 55.4 Å². The van der Waals surface area contributed by atoms with Crippen molar-refractivity contribution in [3.8, 4) is 0 Å². The number of nitrogens with one attached hydrogen (secondary N) is 3. The van der Waals surface area contributed by atoms with Gasteiger partial charge < -0.3 is 16.0 Å². The molecule has 0 radical (unpaired) electrons. The average Bonchev–Trinajstić information content (AvgIpc) is 4.01. The molecule has 1 unspecified atom stereocenters. The molecule has 3 heteroatoms. The molecule has 4 aromatic carbocycles. The second-order valence-corrected chi connectivity index (χ2v) is 19.5. The van der Waals surface area contributed by atoms with Gasteiger partial charge in [0.25, 0.3) is 0 Å². The Morgan fingerprint density at radius 3 is 1.30 bits per heavy atom. The highest BCUT2D eigenvalue weighted by Crippen LogP contribution is 2.50. The third-order valence-electron chi connectivity index (χ3n) is 11.0. The van der Waals surface area contributed by atoms with Gasteiger partial charge in [0.15, 0.2) is 0 Å². The van der Waals surface area contributed by atoms with Crippen molar-refractivity contribution in [2.45, 2.75) is 220 Å². The highest BCUT2D eigenvalue weighted by Gasteiger charge is 2.34. The Bertz CT molecular complexity index is 1950. The van der Waals surface area contributed by atoms with Crippen LogP contribution in [0.1, 0.15) is 239 Å². The standard InChI is InChI=1S/C27H38N2.C18H19N.C7H16.C6H14.C4H8.2C2H6/c1-7-8-9-18-27(5,6)20-22(4)29-26-16-12-24(13-17-26)19-23-10-14-25(15-11-23)28-21(2)3;1-11(2)19-14-6-8-16-17(10-14)18(16)15-7-5-12(3)9-13(15)4;1-3-5-7-6-4-2;1-3-5-6-4-2;1-4(2)3;2*1-2/h10-17,28-29H,2,4,7-9,18-20H2,1,3,5-6H3;5-10,18-19H,1H2,2-4H3;3-7H2,1-2H3;3-6H2,1-2H3;1H2,2-3H3;2*1-2H3. The van der Waals surface area contributed by atoms with Gasteiger partial charge in [0.1, 0.15) is 0 Å². The van der Waals surface area contributed by atoms with Crippen LogP contribution in [-0.2, 0) is 6.42 Å². The van der Waals surface area contributed by atoms with E-state index in [1.54, 1.807) is 0 Å². The quantitative estimate of drug-likeness (QED) is 0.0478. The molecule has 0 spiro atoms. The van der Waals surface area contributed by atoms with Crippen molar-refractivity contribution in [1.29, 1.82) is 0 Å². The molecule has 0 aliphatic heterocycles. The van der Waals surface area contributed by atoms with Crippen molar-refractivity contribution in [2.75, 3.05) is 16.0 Å². The maximum Gasteiger partial charge on any atom is 0.0384 e. The van der Waals surface area contributed by atoms with Crippen LogP contribution < -0.4 is 16.0 Å². The van der Waals surface area contributed by atoms with Crippen molar-refractivity contribution < 1.29 is 0 Å². The van der Waals surface area contributed by atoms with Gasteiger partial charge in [-0.05, 0) is 136 Å². The van der Waals surface area contributed by atoms with E-state index in [0.717, 1.165) is 47.0 Å². The predicted molar refractivity (Wildman–Crippen MR) is 319 cm³/mol. The summed E-state index contributed by atoms with van der Waals surface area (Å²) in [6.07, 6.45) is 19.6. The first-order valence-electron chi connectivity index (χ1n) is 27.2. The highest BCUT2D eigenvalue weighted by atomic mass is 14.9. The summed E-state index contributed by atoms with van der Waals surface area (Å²) in [5.41, 5.74) is 17.5. The van der Waals surface area contributed by atoms with Crippen molar-refractivity contribution in [1.82, 2.24) is 0 Å². The maximum absolute atomic E-state index is 4.26. The predicted octanol–water partition coefficient (Wildman–Crippen LogP) is 22.1. The van der Waals surface area contributed by atoms with Crippen LogP contribution in [0.4, 0.5) is 17.1 Å². The number of allylic oxidation sites excluding steroid dienone is 4. The molecule has 0 saturated carbocycles. The summed E-state index contributed by atoms with van der Waals surface area (Å²) >= 11 is 0. The molecular weight excluding hydrogens is 835 g/mol. The Balaban J connectivity index is 0. The fourth-order valence-electron chi connectivity index (χ4n) is 7.66. The van der Waals surface area contributed by atoms with Gasteiger partial charge in [-0.25, -0.2) is 0 Å². The molecule has 4 aromatic rings. The summed E-state index contributed by atoms with van der Waals surface area (Å²) in [4.78, 5) is 0. The number of anilines is 3. The molecule has 5 rings (SSSR count). The number of aryl methyl sites for hydroxylation is 2. The molecule has 0 amide bonds. The summed E-state index contributed by atoms with van der Waals surface area (Å²) in [7, 11) is 0. The molecule has 0 aromatic heterocycles. The first-order chi connectivity index (χ1) is 32.9. The van der Waals surface area contributed by atoms with Gasteiger partial charge in [-0.15, -0.1) is 6.58 Å². The van der Waals surface area contributed by atoms with E-state index >= 15 is 0 Å². The number of hydrogen-bond donors (Lipinski definition) is 3. The topological polar surface area (TPSA) is 36.1 Å². The van der Waals surface area contributed by atoms with E-state index in [0.29, 0.717) is 11.3 Å². The van der Waals surface area contributed by atoms with Crippen molar-refractivity contribution >= 4 is 17.1 Å². The van der Waals surface area contributed by atoms with Gasteiger partial charge in [-0.2, -0.15) is 0 Å². The molecule has 3 N–H and O–H groups in total. The highest BCUT2D eigenvalue weighted by molar-refractivity contribution is 5.67. The molecule has 1 aliphatic carbocycles. The minimum atomic E-state index is 0.296. The molecule has 3 nitrogen and oxygen atoms in total. The van der Waals surface area contributed by atoms with E-state index in [9.17, 15) is 0 Å². The molecule has 0 heterocycles. The zero-order chi connectivity index (χ0) is 52.8. The minimum Gasteiger partial charge on any atom is -0.360 e.